The minimum Gasteiger partial charge on any atom is -0.423 e. The summed E-state index contributed by atoms with van der Waals surface area (Å²) in [5.74, 6) is 4.49. The van der Waals surface area contributed by atoms with Crippen molar-refractivity contribution in [3.8, 4) is 0 Å². The first kappa shape index (κ1) is 12.4. The smallest absolute Gasteiger partial charge is 0.230 e. The van der Waals surface area contributed by atoms with Crippen LogP contribution in [-0.2, 0) is 5.41 Å². The van der Waals surface area contributed by atoms with Crippen molar-refractivity contribution in [1.82, 2.24) is 10.2 Å². The number of halogens is 1. The Labute approximate surface area is 122 Å². The molecule has 4 heteroatoms. The Morgan fingerprint density at radius 3 is 2.26 bits per heavy atom. The molecule has 1 aromatic heterocycles. The highest BCUT2D eigenvalue weighted by molar-refractivity contribution is 9.09. The van der Waals surface area contributed by atoms with Crippen molar-refractivity contribution in [2.75, 3.05) is 0 Å². The molecule has 0 saturated heterocycles. The van der Waals surface area contributed by atoms with Crippen molar-refractivity contribution in [2.24, 2.45) is 17.8 Å². The summed E-state index contributed by atoms with van der Waals surface area (Å²) < 4.78 is 6.05. The van der Waals surface area contributed by atoms with Gasteiger partial charge in [0.05, 0.1) is 4.83 Å². The molecule has 1 aromatic rings. The molecular formula is C15H21BrN2O. The van der Waals surface area contributed by atoms with Crippen LogP contribution in [0.5, 0.6) is 0 Å². The lowest BCUT2D eigenvalue weighted by Gasteiger charge is -2.55. The molecule has 0 radical (unpaired) electrons. The van der Waals surface area contributed by atoms with Gasteiger partial charge in [-0.1, -0.05) is 22.9 Å². The van der Waals surface area contributed by atoms with Crippen LogP contribution in [0.3, 0.4) is 0 Å². The third kappa shape index (κ3) is 1.90. The van der Waals surface area contributed by atoms with Crippen molar-refractivity contribution >= 4 is 15.9 Å². The van der Waals surface area contributed by atoms with Crippen LogP contribution in [0.15, 0.2) is 4.42 Å². The number of hydrogen-bond donors (Lipinski definition) is 0. The van der Waals surface area contributed by atoms with Gasteiger partial charge in [-0.2, -0.15) is 0 Å². The zero-order valence-electron chi connectivity index (χ0n) is 11.4. The number of nitrogens with zero attached hydrogens (tertiary/aromatic N) is 2. The summed E-state index contributed by atoms with van der Waals surface area (Å²) >= 11 is 3.61. The van der Waals surface area contributed by atoms with Crippen molar-refractivity contribution in [3.63, 3.8) is 0 Å². The second-order valence-electron chi connectivity index (χ2n) is 7.02. The van der Waals surface area contributed by atoms with Crippen LogP contribution in [0, 0.1) is 17.8 Å². The zero-order chi connectivity index (χ0) is 13.0. The second-order valence-corrected chi connectivity index (χ2v) is 8.12. The van der Waals surface area contributed by atoms with Gasteiger partial charge in [-0.15, -0.1) is 10.2 Å². The molecule has 1 heterocycles. The van der Waals surface area contributed by atoms with E-state index in [2.05, 4.69) is 33.1 Å². The van der Waals surface area contributed by atoms with E-state index in [1.165, 1.54) is 38.5 Å². The van der Waals surface area contributed by atoms with Gasteiger partial charge >= 0.3 is 0 Å². The fourth-order valence-corrected chi connectivity index (χ4v) is 5.31. The van der Waals surface area contributed by atoms with Crippen molar-refractivity contribution in [2.45, 2.75) is 62.1 Å². The molecule has 0 N–H and O–H groups in total. The number of alkyl halides is 1. The highest BCUT2D eigenvalue weighted by Gasteiger charge is 2.54. The van der Waals surface area contributed by atoms with Gasteiger partial charge in [-0.05, 0) is 62.7 Å². The molecule has 4 aliphatic carbocycles. The summed E-state index contributed by atoms with van der Waals surface area (Å²) in [6.45, 7) is 2.13. The van der Waals surface area contributed by atoms with Crippen LogP contribution >= 0.6 is 15.9 Å². The molecule has 3 nitrogen and oxygen atoms in total. The third-order valence-corrected chi connectivity index (χ3v) is 6.60. The first-order valence-corrected chi connectivity index (χ1v) is 8.58. The Bertz CT molecular complexity index is 449. The Balaban J connectivity index is 1.66. The van der Waals surface area contributed by atoms with Gasteiger partial charge in [-0.25, -0.2) is 0 Å². The highest BCUT2D eigenvalue weighted by Crippen LogP contribution is 2.60. The summed E-state index contributed by atoms with van der Waals surface area (Å²) in [6, 6.07) is 0. The maximum absolute atomic E-state index is 6.05. The summed E-state index contributed by atoms with van der Waals surface area (Å²) in [5.41, 5.74) is 0.237. The fourth-order valence-electron chi connectivity index (χ4n) is 5.12. The molecular weight excluding hydrogens is 304 g/mol. The molecule has 1 atom stereocenters. The topological polar surface area (TPSA) is 38.9 Å². The molecule has 0 amide bonds. The van der Waals surface area contributed by atoms with Crippen LogP contribution in [-0.4, -0.2) is 10.2 Å². The molecule has 19 heavy (non-hydrogen) atoms. The van der Waals surface area contributed by atoms with Gasteiger partial charge in [0.15, 0.2) is 0 Å². The first-order valence-electron chi connectivity index (χ1n) is 7.66. The predicted molar refractivity (Wildman–Crippen MR) is 76.1 cm³/mol. The number of hydrogen-bond acceptors (Lipinski definition) is 3. The summed E-state index contributed by atoms with van der Waals surface area (Å²) in [4.78, 5) is 0.211. The largest absolute Gasteiger partial charge is 0.423 e. The lowest BCUT2D eigenvalue weighted by Crippen LogP contribution is -2.48. The summed E-state index contributed by atoms with van der Waals surface area (Å²) in [7, 11) is 0. The molecule has 5 rings (SSSR count). The molecule has 4 saturated carbocycles. The van der Waals surface area contributed by atoms with Crippen molar-refractivity contribution in [3.05, 3.63) is 11.8 Å². The van der Waals surface area contributed by atoms with Crippen molar-refractivity contribution < 1.29 is 4.42 Å². The van der Waals surface area contributed by atoms with Gasteiger partial charge in [0.25, 0.3) is 0 Å². The van der Waals surface area contributed by atoms with E-state index in [0.717, 1.165) is 36.0 Å². The monoisotopic (exact) mass is 324 g/mol. The van der Waals surface area contributed by atoms with Crippen LogP contribution in [0.25, 0.3) is 0 Å². The fraction of sp³-hybridized carbons (Fsp3) is 0.867. The molecule has 104 valence electrons. The molecule has 0 spiro atoms. The predicted octanol–water partition coefficient (Wildman–Crippen LogP) is 4.38. The highest BCUT2D eigenvalue weighted by atomic mass is 79.9. The van der Waals surface area contributed by atoms with Crippen LogP contribution in [0.4, 0.5) is 0 Å². The lowest BCUT2D eigenvalue weighted by atomic mass is 9.49. The first-order chi connectivity index (χ1) is 9.18. The van der Waals surface area contributed by atoms with E-state index >= 15 is 0 Å². The molecule has 0 aromatic carbocycles. The van der Waals surface area contributed by atoms with E-state index in [0.29, 0.717) is 0 Å². The maximum Gasteiger partial charge on any atom is 0.230 e. The summed E-state index contributed by atoms with van der Waals surface area (Å²) in [6.07, 6.45) is 9.23. The summed E-state index contributed by atoms with van der Waals surface area (Å²) in [5, 5.41) is 8.71. The Morgan fingerprint density at radius 1 is 1.16 bits per heavy atom. The van der Waals surface area contributed by atoms with E-state index in [9.17, 15) is 0 Å². The van der Waals surface area contributed by atoms with E-state index in [1.54, 1.807) is 0 Å². The van der Waals surface area contributed by atoms with Gasteiger partial charge < -0.3 is 4.42 Å². The Morgan fingerprint density at radius 2 is 1.74 bits per heavy atom. The van der Waals surface area contributed by atoms with Crippen LogP contribution < -0.4 is 0 Å². The van der Waals surface area contributed by atoms with Crippen molar-refractivity contribution in [1.29, 1.82) is 0 Å². The van der Waals surface area contributed by atoms with Gasteiger partial charge in [0, 0.05) is 5.41 Å². The average Bonchev–Trinajstić information content (AvgIpc) is 2.86. The van der Waals surface area contributed by atoms with E-state index in [-0.39, 0.29) is 10.2 Å². The van der Waals surface area contributed by atoms with E-state index in [1.807, 2.05) is 0 Å². The number of rotatable bonds is 3. The number of aromatic nitrogens is 2. The second kappa shape index (κ2) is 4.31. The van der Waals surface area contributed by atoms with Gasteiger partial charge in [0.2, 0.25) is 11.8 Å². The zero-order valence-corrected chi connectivity index (χ0v) is 13.0. The van der Waals surface area contributed by atoms with Crippen LogP contribution in [0.2, 0.25) is 0 Å². The third-order valence-electron chi connectivity index (χ3n) is 5.56. The van der Waals surface area contributed by atoms with E-state index < -0.39 is 0 Å². The minimum atomic E-state index is 0.211. The van der Waals surface area contributed by atoms with Crippen LogP contribution in [0.1, 0.15) is 68.5 Å². The van der Waals surface area contributed by atoms with Gasteiger partial charge in [-0.3, -0.25) is 0 Å². The van der Waals surface area contributed by atoms with E-state index in [4.69, 9.17) is 4.42 Å². The maximum atomic E-state index is 6.05. The average molecular weight is 325 g/mol. The Hall–Kier alpha value is -0.380. The normalized spacial score (nSPS) is 41.7. The standard InChI is InChI=1S/C15H21BrN2O/c1-2-12(16)13-17-18-14(19-13)15-6-9-3-10(7-15)5-11(4-9)8-15/h9-12H,2-8H2,1H3. The molecule has 1 unspecified atom stereocenters. The SMILES string of the molecule is CCC(Br)c1nnc(C23CC4CC(CC(C4)C2)C3)o1. The van der Waals surface area contributed by atoms with Gasteiger partial charge in [0.1, 0.15) is 0 Å². The Kier molecular flexibility index (Phi) is 2.80. The molecule has 4 bridgehead atoms. The molecule has 4 aliphatic rings. The lowest BCUT2D eigenvalue weighted by molar-refractivity contribution is -0.0182. The quantitative estimate of drug-likeness (QED) is 0.774. The minimum absolute atomic E-state index is 0.211. The molecule has 0 aliphatic heterocycles. The molecule has 4 fully saturated rings.